The number of hydrogen-bond donors (Lipinski definition) is 1. The molecule has 2 nitrogen and oxygen atoms in total. The van der Waals surface area contributed by atoms with Gasteiger partial charge in [-0.25, -0.2) is 0 Å². The van der Waals surface area contributed by atoms with Crippen molar-refractivity contribution in [3.8, 4) is 0 Å². The molecule has 1 rings (SSSR count). The van der Waals surface area contributed by atoms with Gasteiger partial charge in [0.25, 0.3) is 0 Å². The zero-order valence-corrected chi connectivity index (χ0v) is 6.46. The Kier molecular flexibility index (Phi) is 3.95. The second-order valence-corrected chi connectivity index (χ2v) is 2.78. The van der Waals surface area contributed by atoms with Crippen molar-refractivity contribution >= 4 is 14.9 Å². The van der Waals surface area contributed by atoms with Crippen molar-refractivity contribution in [1.29, 1.82) is 0 Å². The maximum atomic E-state index is 8.68. The van der Waals surface area contributed by atoms with Gasteiger partial charge in [-0.1, -0.05) is 30.3 Å². The van der Waals surface area contributed by atoms with Gasteiger partial charge in [-0.3, -0.25) is 0 Å². The van der Waals surface area contributed by atoms with E-state index in [2.05, 4.69) is 0 Å². The van der Waals surface area contributed by atoms with Crippen molar-refractivity contribution in [2.24, 2.45) is 0 Å². The van der Waals surface area contributed by atoms with Crippen molar-refractivity contribution in [1.82, 2.24) is 0 Å². The zero-order valence-electron chi connectivity index (χ0n) is 5.04. The maximum absolute atomic E-state index is 8.68. The summed E-state index contributed by atoms with van der Waals surface area (Å²) < 4.78 is 0. The first-order valence-electron chi connectivity index (χ1n) is 2.58. The smallest absolute Gasteiger partial charge is 0.187 e. The molecule has 1 aromatic rings. The highest BCUT2D eigenvalue weighted by atomic mass is 28.2. The van der Waals surface area contributed by atoms with E-state index in [1.165, 1.54) is 0 Å². The normalized spacial score (nSPS) is 9.44. The fourth-order valence-electron chi connectivity index (χ4n) is 0.583. The van der Waals surface area contributed by atoms with Crippen LogP contribution in [0.15, 0.2) is 30.3 Å². The van der Waals surface area contributed by atoms with Crippen LogP contribution in [0.25, 0.3) is 0 Å². The van der Waals surface area contributed by atoms with Crippen LogP contribution in [0.2, 0.25) is 0 Å². The largest absolute Gasteiger partial charge is 0.433 e. The summed E-state index contributed by atoms with van der Waals surface area (Å²) in [5, 5.41) is 1.10. The second-order valence-electron chi connectivity index (χ2n) is 1.64. The Morgan fingerprint density at radius 3 is 2.00 bits per heavy atom. The molecule has 3 heteroatoms. The molecular formula is C6H10O2Si. The van der Waals surface area contributed by atoms with Gasteiger partial charge in [0.15, 0.2) is 9.76 Å². The third-order valence-electron chi connectivity index (χ3n) is 1.03. The predicted octanol–water partition coefficient (Wildman–Crippen LogP) is -1.44. The van der Waals surface area contributed by atoms with Crippen LogP contribution < -0.4 is 5.19 Å². The Bertz CT molecular complexity index is 152. The van der Waals surface area contributed by atoms with Crippen LogP contribution in [0, 0.1) is 0 Å². The Balaban J connectivity index is 0.000000640. The van der Waals surface area contributed by atoms with E-state index in [-0.39, 0.29) is 5.48 Å². The average Bonchev–Trinajstić information content (AvgIpc) is 1.90. The molecule has 0 aromatic heterocycles. The van der Waals surface area contributed by atoms with Gasteiger partial charge >= 0.3 is 0 Å². The van der Waals surface area contributed by atoms with Crippen LogP contribution >= 0.6 is 0 Å². The maximum Gasteiger partial charge on any atom is 0.187 e. The summed E-state index contributed by atoms with van der Waals surface area (Å²) in [4.78, 5) is 8.68. The number of hydrogen-bond acceptors (Lipinski definition) is 1. The summed E-state index contributed by atoms with van der Waals surface area (Å²) in [6.07, 6.45) is 0. The third-order valence-corrected chi connectivity index (χ3v) is 1.86. The van der Waals surface area contributed by atoms with Crippen molar-refractivity contribution in [3.05, 3.63) is 30.3 Å². The second kappa shape index (κ2) is 4.26. The lowest BCUT2D eigenvalue weighted by molar-refractivity contribution is 0.615. The van der Waals surface area contributed by atoms with Gasteiger partial charge < -0.3 is 10.3 Å². The van der Waals surface area contributed by atoms with E-state index in [0.717, 1.165) is 5.19 Å². The SMILES string of the molecule is O.O[SiH2]c1ccccc1. The van der Waals surface area contributed by atoms with E-state index in [4.69, 9.17) is 4.80 Å². The van der Waals surface area contributed by atoms with E-state index in [1.807, 2.05) is 30.3 Å². The first-order valence-corrected chi connectivity index (χ1v) is 3.92. The third kappa shape index (κ3) is 2.41. The number of rotatable bonds is 1. The lowest BCUT2D eigenvalue weighted by Crippen LogP contribution is -2.11. The molecule has 9 heavy (non-hydrogen) atoms. The minimum absolute atomic E-state index is 0. The minimum atomic E-state index is -0.909. The molecule has 0 bridgehead atoms. The molecule has 0 aliphatic rings. The molecule has 1 aromatic carbocycles. The van der Waals surface area contributed by atoms with Crippen molar-refractivity contribution in [2.45, 2.75) is 0 Å². The van der Waals surface area contributed by atoms with E-state index in [9.17, 15) is 0 Å². The Hall–Kier alpha value is -0.643. The Morgan fingerprint density at radius 2 is 1.67 bits per heavy atom. The quantitative estimate of drug-likeness (QED) is 0.480. The predicted molar refractivity (Wildman–Crippen MR) is 40.5 cm³/mol. The molecule has 0 unspecified atom stereocenters. The van der Waals surface area contributed by atoms with E-state index in [0.29, 0.717) is 0 Å². The van der Waals surface area contributed by atoms with Crippen LogP contribution in [0.3, 0.4) is 0 Å². The van der Waals surface area contributed by atoms with Crippen molar-refractivity contribution in [3.63, 3.8) is 0 Å². The van der Waals surface area contributed by atoms with Gasteiger partial charge in [0.1, 0.15) is 0 Å². The molecule has 0 amide bonds. The highest BCUT2D eigenvalue weighted by Crippen LogP contribution is 1.78. The topological polar surface area (TPSA) is 51.7 Å². The summed E-state index contributed by atoms with van der Waals surface area (Å²) in [5.41, 5.74) is 0. The van der Waals surface area contributed by atoms with Gasteiger partial charge in [0.2, 0.25) is 0 Å². The van der Waals surface area contributed by atoms with Crippen LogP contribution in [-0.4, -0.2) is 20.0 Å². The van der Waals surface area contributed by atoms with Gasteiger partial charge in [0.05, 0.1) is 0 Å². The fourth-order valence-corrected chi connectivity index (χ4v) is 1.07. The summed E-state index contributed by atoms with van der Waals surface area (Å²) in [6, 6.07) is 9.74. The molecule has 3 N–H and O–H groups in total. The van der Waals surface area contributed by atoms with Crippen LogP contribution in [0.4, 0.5) is 0 Å². The van der Waals surface area contributed by atoms with Crippen molar-refractivity contribution < 1.29 is 10.3 Å². The van der Waals surface area contributed by atoms with E-state index >= 15 is 0 Å². The first kappa shape index (κ1) is 8.36. The standard InChI is InChI=1S/C6H8OSi.H2O/c7-8-6-4-2-1-3-5-6;/h1-5,7H,8H2;1H2. The summed E-state index contributed by atoms with van der Waals surface area (Å²) >= 11 is 0. The fraction of sp³-hybridized carbons (Fsp3) is 0. The summed E-state index contributed by atoms with van der Waals surface area (Å²) in [5.74, 6) is 0. The molecule has 0 atom stereocenters. The average molecular weight is 142 g/mol. The van der Waals surface area contributed by atoms with Crippen molar-refractivity contribution in [2.75, 3.05) is 0 Å². The highest BCUT2D eigenvalue weighted by molar-refractivity contribution is 6.45. The molecule has 50 valence electrons. The molecule has 0 saturated carbocycles. The van der Waals surface area contributed by atoms with Crippen LogP contribution in [0.5, 0.6) is 0 Å². The lowest BCUT2D eigenvalue weighted by Gasteiger charge is -1.88. The van der Waals surface area contributed by atoms with Gasteiger partial charge in [-0.2, -0.15) is 0 Å². The van der Waals surface area contributed by atoms with Gasteiger partial charge in [-0.05, 0) is 5.19 Å². The number of benzene rings is 1. The monoisotopic (exact) mass is 142 g/mol. The first-order chi connectivity index (χ1) is 3.93. The summed E-state index contributed by atoms with van der Waals surface area (Å²) in [6.45, 7) is 0. The van der Waals surface area contributed by atoms with Crippen LogP contribution in [0.1, 0.15) is 0 Å². The zero-order chi connectivity index (χ0) is 5.82. The molecule has 0 radical (unpaired) electrons. The highest BCUT2D eigenvalue weighted by Gasteiger charge is 1.82. The molecule has 0 fully saturated rings. The molecule has 0 spiro atoms. The van der Waals surface area contributed by atoms with Gasteiger partial charge in [0, 0.05) is 0 Å². The molecule has 0 heterocycles. The van der Waals surface area contributed by atoms with E-state index < -0.39 is 9.76 Å². The lowest BCUT2D eigenvalue weighted by atomic mass is 10.4. The Morgan fingerprint density at radius 1 is 1.11 bits per heavy atom. The van der Waals surface area contributed by atoms with Crippen LogP contribution in [-0.2, 0) is 0 Å². The van der Waals surface area contributed by atoms with Gasteiger partial charge in [-0.15, -0.1) is 0 Å². The minimum Gasteiger partial charge on any atom is -0.433 e. The summed E-state index contributed by atoms with van der Waals surface area (Å²) in [7, 11) is -0.909. The molecule has 0 aliphatic heterocycles. The molecule has 0 aliphatic carbocycles. The van der Waals surface area contributed by atoms with E-state index in [1.54, 1.807) is 0 Å². The Labute approximate surface area is 56.4 Å². The molecule has 0 saturated heterocycles. The molecular weight excluding hydrogens is 132 g/mol.